The summed E-state index contributed by atoms with van der Waals surface area (Å²) < 4.78 is 7.33. The minimum atomic E-state index is -0.669. The third kappa shape index (κ3) is 4.60. The summed E-state index contributed by atoms with van der Waals surface area (Å²) in [5.41, 5.74) is 2.90. The highest BCUT2D eigenvalue weighted by atomic mass is 79.9. The highest BCUT2D eigenvalue weighted by Crippen LogP contribution is 2.43. The lowest BCUT2D eigenvalue weighted by atomic mass is 10.1. The fourth-order valence-electron chi connectivity index (χ4n) is 3.40. The molecule has 8 heteroatoms. The van der Waals surface area contributed by atoms with Crippen LogP contribution >= 0.6 is 27.7 Å². The van der Waals surface area contributed by atoms with Gasteiger partial charge in [-0.15, -0.1) is 10.2 Å². The van der Waals surface area contributed by atoms with Crippen molar-refractivity contribution in [3.05, 3.63) is 58.6 Å². The Morgan fingerprint density at radius 2 is 2.00 bits per heavy atom. The number of carbonyl (C=O) groups excluding carboxylic acids is 1. The maximum Gasteiger partial charge on any atom is 0.247 e. The first-order valence-corrected chi connectivity index (χ1v) is 12.1. The van der Waals surface area contributed by atoms with E-state index in [1.54, 1.807) is 16.7 Å². The van der Waals surface area contributed by atoms with Gasteiger partial charge >= 0.3 is 0 Å². The van der Waals surface area contributed by atoms with Gasteiger partial charge in [0.15, 0.2) is 5.69 Å². The minimum Gasteiger partial charge on any atom is -0.447 e. The number of rotatable bonds is 6. The monoisotopic (exact) mass is 498 g/mol. The van der Waals surface area contributed by atoms with Crippen molar-refractivity contribution < 1.29 is 9.53 Å². The molecule has 3 aromatic rings. The van der Waals surface area contributed by atoms with Crippen molar-refractivity contribution in [2.45, 2.75) is 44.5 Å². The second-order valence-electron chi connectivity index (χ2n) is 7.11. The van der Waals surface area contributed by atoms with E-state index in [4.69, 9.17) is 4.74 Å². The van der Waals surface area contributed by atoms with Crippen LogP contribution in [-0.2, 0) is 4.79 Å². The molecule has 1 atom stereocenters. The number of anilines is 1. The summed E-state index contributed by atoms with van der Waals surface area (Å²) in [4.78, 5) is 19.5. The number of hydrogen-bond donors (Lipinski definition) is 0. The number of para-hydroxylation sites is 1. The Morgan fingerprint density at radius 1 is 1.16 bits per heavy atom. The number of ether oxygens (including phenoxy) is 1. The van der Waals surface area contributed by atoms with Crippen LogP contribution in [0.2, 0.25) is 0 Å². The van der Waals surface area contributed by atoms with E-state index in [1.165, 1.54) is 0 Å². The molecule has 0 N–H and O–H groups in total. The van der Waals surface area contributed by atoms with E-state index < -0.39 is 6.23 Å². The molecular formula is C23H23BrN4O2S. The van der Waals surface area contributed by atoms with Crippen molar-refractivity contribution in [3.8, 4) is 17.1 Å². The van der Waals surface area contributed by atoms with Gasteiger partial charge in [-0.3, -0.25) is 9.69 Å². The molecule has 6 nitrogen and oxygen atoms in total. The van der Waals surface area contributed by atoms with E-state index >= 15 is 0 Å². The number of aromatic nitrogens is 3. The zero-order valence-electron chi connectivity index (χ0n) is 17.4. The molecule has 0 saturated carbocycles. The predicted octanol–water partition coefficient (Wildman–Crippen LogP) is 6.03. The lowest BCUT2D eigenvalue weighted by Crippen LogP contribution is -2.37. The van der Waals surface area contributed by atoms with Gasteiger partial charge in [-0.05, 0) is 24.6 Å². The molecule has 0 radical (unpaired) electrons. The fourth-order valence-corrected chi connectivity index (χ4v) is 4.68. The Bertz CT molecular complexity index is 1090. The van der Waals surface area contributed by atoms with Gasteiger partial charge in [0.05, 0.1) is 5.69 Å². The molecule has 160 valence electrons. The molecule has 0 spiro atoms. The van der Waals surface area contributed by atoms with Crippen LogP contribution in [0.1, 0.15) is 44.9 Å². The fraction of sp³-hybridized carbons (Fsp3) is 0.304. The van der Waals surface area contributed by atoms with E-state index in [0.29, 0.717) is 23.2 Å². The second kappa shape index (κ2) is 9.78. The quantitative estimate of drug-likeness (QED) is 0.305. The van der Waals surface area contributed by atoms with Crippen molar-refractivity contribution in [1.82, 2.24) is 15.2 Å². The van der Waals surface area contributed by atoms with Crippen LogP contribution in [0.25, 0.3) is 11.3 Å². The number of thioether (sulfide) groups is 1. The Labute approximate surface area is 194 Å². The number of halogens is 1. The highest BCUT2D eigenvalue weighted by Gasteiger charge is 2.35. The molecular weight excluding hydrogens is 476 g/mol. The molecule has 1 aliphatic heterocycles. The topological polar surface area (TPSA) is 68.2 Å². The van der Waals surface area contributed by atoms with Crippen LogP contribution in [0.5, 0.6) is 5.88 Å². The van der Waals surface area contributed by atoms with Crippen LogP contribution in [0.15, 0.2) is 58.2 Å². The standard InChI is InChI=1S/C23H23BrN4O2S/c1-3-5-13-31-23-25-21-20(26-27-23)17-11-6-7-12-18(17)28(19(29)4-2)22(30-21)15-9-8-10-16(24)14-15/h6-12,14,22H,3-5,13H2,1-2H3/t22-/m1/s1. The average molecular weight is 499 g/mol. The van der Waals surface area contributed by atoms with Gasteiger partial charge in [0.1, 0.15) is 0 Å². The molecule has 2 heterocycles. The summed E-state index contributed by atoms with van der Waals surface area (Å²) in [7, 11) is 0. The maximum absolute atomic E-state index is 13.1. The maximum atomic E-state index is 13.1. The first-order chi connectivity index (χ1) is 15.1. The second-order valence-corrected chi connectivity index (χ2v) is 9.09. The number of nitrogens with zero attached hydrogens (tertiary/aromatic N) is 4. The van der Waals surface area contributed by atoms with E-state index in [0.717, 1.165) is 39.9 Å². The lowest BCUT2D eigenvalue weighted by Gasteiger charge is -2.30. The van der Waals surface area contributed by atoms with Crippen LogP contribution in [0.4, 0.5) is 5.69 Å². The van der Waals surface area contributed by atoms with Crippen molar-refractivity contribution in [2.24, 2.45) is 0 Å². The van der Waals surface area contributed by atoms with Crippen molar-refractivity contribution in [2.75, 3.05) is 10.7 Å². The zero-order chi connectivity index (χ0) is 21.8. The normalized spacial score (nSPS) is 14.9. The van der Waals surface area contributed by atoms with Gasteiger partial charge in [-0.25, -0.2) is 0 Å². The molecule has 31 heavy (non-hydrogen) atoms. The minimum absolute atomic E-state index is 0.0456. The summed E-state index contributed by atoms with van der Waals surface area (Å²) in [5.74, 6) is 1.26. The molecule has 1 aromatic heterocycles. The SMILES string of the molecule is CCCCSc1nnc2c(n1)O[C@H](c1cccc(Br)c1)N(C(=O)CC)c1ccccc1-2. The summed E-state index contributed by atoms with van der Waals surface area (Å²) in [5, 5.41) is 9.35. The Balaban J connectivity index is 1.87. The van der Waals surface area contributed by atoms with Crippen molar-refractivity contribution in [1.29, 1.82) is 0 Å². The third-order valence-electron chi connectivity index (χ3n) is 4.95. The number of benzene rings is 2. The first-order valence-electron chi connectivity index (χ1n) is 10.3. The number of hydrogen-bond acceptors (Lipinski definition) is 6. The average Bonchev–Trinajstić information content (AvgIpc) is 2.93. The van der Waals surface area contributed by atoms with Gasteiger partial charge in [0, 0.05) is 27.8 Å². The van der Waals surface area contributed by atoms with Crippen molar-refractivity contribution >= 4 is 39.3 Å². The summed E-state index contributed by atoms with van der Waals surface area (Å²) in [6.45, 7) is 4.00. The van der Waals surface area contributed by atoms with E-state index in [2.05, 4.69) is 38.0 Å². The Morgan fingerprint density at radius 3 is 2.77 bits per heavy atom. The molecule has 0 aliphatic carbocycles. The molecule has 1 aliphatic rings. The van der Waals surface area contributed by atoms with Gasteiger partial charge in [-0.1, -0.05) is 78.3 Å². The van der Waals surface area contributed by atoms with Gasteiger partial charge < -0.3 is 4.74 Å². The molecule has 4 rings (SSSR count). The number of fused-ring (bicyclic) bond motifs is 3. The number of carbonyl (C=O) groups is 1. The number of amides is 1. The third-order valence-corrected chi connectivity index (χ3v) is 6.36. The van der Waals surface area contributed by atoms with E-state index in [-0.39, 0.29) is 5.91 Å². The predicted molar refractivity (Wildman–Crippen MR) is 126 cm³/mol. The Kier molecular flexibility index (Phi) is 6.87. The highest BCUT2D eigenvalue weighted by molar-refractivity contribution is 9.10. The van der Waals surface area contributed by atoms with Crippen molar-refractivity contribution in [3.63, 3.8) is 0 Å². The van der Waals surface area contributed by atoms with Gasteiger partial charge in [0.25, 0.3) is 0 Å². The van der Waals surface area contributed by atoms with Crippen LogP contribution in [0.3, 0.4) is 0 Å². The molecule has 1 amide bonds. The summed E-state index contributed by atoms with van der Waals surface area (Å²) in [6.07, 6.45) is 1.86. The number of unbranched alkanes of at least 4 members (excludes halogenated alkanes) is 1. The Hall–Kier alpha value is -2.45. The molecule has 2 aromatic carbocycles. The summed E-state index contributed by atoms with van der Waals surface area (Å²) >= 11 is 5.10. The van der Waals surface area contributed by atoms with Gasteiger partial charge in [-0.2, -0.15) is 4.98 Å². The molecule has 0 fully saturated rings. The largest absolute Gasteiger partial charge is 0.447 e. The van der Waals surface area contributed by atoms with Crippen LogP contribution in [-0.4, -0.2) is 26.8 Å². The zero-order valence-corrected chi connectivity index (χ0v) is 19.8. The van der Waals surface area contributed by atoms with E-state index in [1.807, 2.05) is 55.5 Å². The molecule has 0 unspecified atom stereocenters. The van der Waals surface area contributed by atoms with Gasteiger partial charge in [0.2, 0.25) is 23.2 Å². The van der Waals surface area contributed by atoms with E-state index in [9.17, 15) is 4.79 Å². The lowest BCUT2D eigenvalue weighted by molar-refractivity contribution is -0.120. The summed E-state index contributed by atoms with van der Waals surface area (Å²) in [6, 6.07) is 15.5. The van der Waals surface area contributed by atoms with Crippen LogP contribution in [0, 0.1) is 0 Å². The van der Waals surface area contributed by atoms with Crippen LogP contribution < -0.4 is 9.64 Å². The molecule has 0 saturated heterocycles. The molecule has 0 bridgehead atoms. The first kappa shape index (κ1) is 21.8. The smallest absolute Gasteiger partial charge is 0.247 e.